The lowest BCUT2D eigenvalue weighted by molar-refractivity contribution is 0.102. The molecule has 2 aromatic carbocycles. The summed E-state index contributed by atoms with van der Waals surface area (Å²) in [6, 6.07) is 13.6. The van der Waals surface area contributed by atoms with E-state index in [1.807, 2.05) is 49.4 Å². The first-order valence-electron chi connectivity index (χ1n) is 9.57. The Hall–Kier alpha value is -3.15. The Kier molecular flexibility index (Phi) is 6.09. The number of hydrogen-bond donors (Lipinski definition) is 1. The van der Waals surface area contributed by atoms with Crippen molar-refractivity contribution < 1.29 is 9.53 Å². The maximum atomic E-state index is 13.0. The second-order valence-electron chi connectivity index (χ2n) is 6.66. The Bertz CT molecular complexity index is 961. The van der Waals surface area contributed by atoms with Gasteiger partial charge in [0.25, 0.3) is 5.91 Å². The second kappa shape index (κ2) is 8.69. The number of carbonyl (C=O) groups excluding carboxylic acids is 1. The van der Waals surface area contributed by atoms with Crippen LogP contribution < -0.4 is 10.1 Å². The van der Waals surface area contributed by atoms with Crippen molar-refractivity contribution in [3.8, 4) is 11.4 Å². The number of amides is 1. The molecule has 0 atom stereocenters. The molecule has 0 bridgehead atoms. The van der Waals surface area contributed by atoms with Gasteiger partial charge in [-0.3, -0.25) is 4.79 Å². The fourth-order valence-electron chi connectivity index (χ4n) is 3.24. The van der Waals surface area contributed by atoms with E-state index in [4.69, 9.17) is 4.74 Å². The van der Waals surface area contributed by atoms with Gasteiger partial charge in [0.05, 0.1) is 18.5 Å². The van der Waals surface area contributed by atoms with Crippen LogP contribution in [0.5, 0.6) is 5.75 Å². The number of benzene rings is 2. The summed E-state index contributed by atoms with van der Waals surface area (Å²) < 4.78 is 6.95. The number of nitrogens with one attached hydrogen (secondary N) is 1. The lowest BCUT2D eigenvalue weighted by atomic mass is 10.1. The first-order chi connectivity index (χ1) is 13.6. The second-order valence-corrected chi connectivity index (χ2v) is 6.66. The fraction of sp³-hybridized carbons (Fsp3) is 0.318. The number of ether oxygens (including phenoxy) is 1. The van der Waals surface area contributed by atoms with Crippen molar-refractivity contribution in [2.45, 2.75) is 40.0 Å². The molecule has 0 radical (unpaired) electrons. The predicted molar refractivity (Wildman–Crippen MR) is 110 cm³/mol. The quantitative estimate of drug-likeness (QED) is 0.663. The van der Waals surface area contributed by atoms with Crippen molar-refractivity contribution in [2.24, 2.45) is 0 Å². The zero-order chi connectivity index (χ0) is 20.1. The Morgan fingerprint density at radius 3 is 2.54 bits per heavy atom. The maximum absolute atomic E-state index is 13.0. The third-order valence-corrected chi connectivity index (χ3v) is 4.76. The molecule has 0 aliphatic heterocycles. The number of nitrogens with zero attached hydrogens (tertiary/aromatic N) is 3. The third kappa shape index (κ3) is 3.91. The highest BCUT2D eigenvalue weighted by Gasteiger charge is 2.21. The van der Waals surface area contributed by atoms with Gasteiger partial charge in [-0.2, -0.15) is 0 Å². The molecule has 0 saturated carbocycles. The minimum Gasteiger partial charge on any atom is -0.497 e. The van der Waals surface area contributed by atoms with Gasteiger partial charge in [-0.1, -0.05) is 43.7 Å². The monoisotopic (exact) mass is 378 g/mol. The molecule has 1 heterocycles. The van der Waals surface area contributed by atoms with E-state index in [9.17, 15) is 4.79 Å². The molecule has 3 rings (SSSR count). The highest BCUT2D eigenvalue weighted by atomic mass is 16.5. The molecular weight excluding hydrogens is 352 g/mol. The highest BCUT2D eigenvalue weighted by Crippen LogP contribution is 2.23. The molecule has 0 unspecified atom stereocenters. The van der Waals surface area contributed by atoms with Crippen molar-refractivity contribution in [3.05, 3.63) is 65.0 Å². The van der Waals surface area contributed by atoms with Crippen molar-refractivity contribution in [1.29, 1.82) is 0 Å². The van der Waals surface area contributed by atoms with Crippen molar-refractivity contribution in [2.75, 3.05) is 12.4 Å². The van der Waals surface area contributed by atoms with Gasteiger partial charge in [-0.05, 0) is 55.2 Å². The molecule has 3 aromatic rings. The molecule has 1 N–H and O–H groups in total. The molecule has 146 valence electrons. The molecule has 0 aliphatic rings. The standard InChI is InChI=1S/C22H26N4O2/c1-5-8-19-21(22(27)23-20-15(3)9-7-10-16(20)6-2)24-25-26(19)17-11-13-18(28-4)14-12-17/h7,9-14H,5-6,8H2,1-4H3,(H,23,27). The summed E-state index contributed by atoms with van der Waals surface area (Å²) in [7, 11) is 1.63. The smallest absolute Gasteiger partial charge is 0.278 e. The molecular formula is C22H26N4O2. The summed E-state index contributed by atoms with van der Waals surface area (Å²) >= 11 is 0. The molecule has 0 aliphatic carbocycles. The minimum absolute atomic E-state index is 0.229. The van der Waals surface area contributed by atoms with E-state index in [-0.39, 0.29) is 5.91 Å². The SMILES string of the molecule is CCCc1c(C(=O)Nc2c(C)cccc2CC)nnn1-c1ccc(OC)cc1. The topological polar surface area (TPSA) is 69.0 Å². The van der Waals surface area contributed by atoms with Gasteiger partial charge >= 0.3 is 0 Å². The average molecular weight is 378 g/mol. The van der Waals surface area contributed by atoms with Crippen LogP contribution in [-0.2, 0) is 12.8 Å². The third-order valence-electron chi connectivity index (χ3n) is 4.76. The van der Waals surface area contributed by atoms with Crippen molar-refractivity contribution >= 4 is 11.6 Å². The largest absolute Gasteiger partial charge is 0.497 e. The van der Waals surface area contributed by atoms with Crippen LogP contribution >= 0.6 is 0 Å². The normalized spacial score (nSPS) is 10.7. The number of hydrogen-bond acceptors (Lipinski definition) is 4. The predicted octanol–water partition coefficient (Wildman–Crippen LogP) is 4.35. The molecule has 0 saturated heterocycles. The number of methoxy groups -OCH3 is 1. The molecule has 6 nitrogen and oxygen atoms in total. The number of aryl methyl sites for hydroxylation is 2. The zero-order valence-corrected chi connectivity index (χ0v) is 16.8. The van der Waals surface area contributed by atoms with Gasteiger partial charge < -0.3 is 10.1 Å². The molecule has 6 heteroatoms. The van der Waals surface area contributed by atoms with Gasteiger partial charge in [-0.25, -0.2) is 4.68 Å². The van der Waals surface area contributed by atoms with Crippen LogP contribution in [0.1, 0.15) is 47.6 Å². The summed E-state index contributed by atoms with van der Waals surface area (Å²) in [6.07, 6.45) is 2.43. The van der Waals surface area contributed by atoms with E-state index < -0.39 is 0 Å². The summed E-state index contributed by atoms with van der Waals surface area (Å²) in [6.45, 7) is 6.15. The summed E-state index contributed by atoms with van der Waals surface area (Å²) in [5.74, 6) is 0.540. The maximum Gasteiger partial charge on any atom is 0.278 e. The van der Waals surface area contributed by atoms with Crippen LogP contribution in [0, 0.1) is 6.92 Å². The van der Waals surface area contributed by atoms with Crippen molar-refractivity contribution in [3.63, 3.8) is 0 Å². The number of anilines is 1. The summed E-state index contributed by atoms with van der Waals surface area (Å²) in [4.78, 5) is 13.0. The lowest BCUT2D eigenvalue weighted by Crippen LogP contribution is -2.17. The highest BCUT2D eigenvalue weighted by molar-refractivity contribution is 6.04. The molecule has 0 fully saturated rings. The van der Waals surface area contributed by atoms with Gasteiger partial charge in [-0.15, -0.1) is 5.10 Å². The Morgan fingerprint density at radius 2 is 1.89 bits per heavy atom. The van der Waals surface area contributed by atoms with E-state index in [1.165, 1.54) is 0 Å². The van der Waals surface area contributed by atoms with E-state index in [0.29, 0.717) is 12.1 Å². The molecule has 1 amide bonds. The van der Waals surface area contributed by atoms with Crippen LogP contribution in [-0.4, -0.2) is 28.0 Å². The minimum atomic E-state index is -0.229. The lowest BCUT2D eigenvalue weighted by Gasteiger charge is -2.13. The summed E-state index contributed by atoms with van der Waals surface area (Å²) in [5.41, 5.74) is 5.01. The first kappa shape index (κ1) is 19.6. The van der Waals surface area contributed by atoms with Crippen molar-refractivity contribution in [1.82, 2.24) is 15.0 Å². The Balaban J connectivity index is 1.96. The molecule has 1 aromatic heterocycles. The fourth-order valence-corrected chi connectivity index (χ4v) is 3.24. The first-order valence-corrected chi connectivity index (χ1v) is 9.57. The average Bonchev–Trinajstić information content (AvgIpc) is 3.13. The Morgan fingerprint density at radius 1 is 1.14 bits per heavy atom. The number of carbonyl (C=O) groups is 1. The van der Waals surface area contributed by atoms with Crippen LogP contribution in [0.2, 0.25) is 0 Å². The van der Waals surface area contributed by atoms with E-state index >= 15 is 0 Å². The zero-order valence-electron chi connectivity index (χ0n) is 16.8. The summed E-state index contributed by atoms with van der Waals surface area (Å²) in [5, 5.41) is 11.5. The van der Waals surface area contributed by atoms with Crippen LogP contribution in [0.25, 0.3) is 5.69 Å². The number of para-hydroxylation sites is 1. The van der Waals surface area contributed by atoms with Gasteiger partial charge in [0.1, 0.15) is 5.75 Å². The van der Waals surface area contributed by atoms with Gasteiger partial charge in [0, 0.05) is 5.69 Å². The van der Waals surface area contributed by atoms with Gasteiger partial charge in [0.15, 0.2) is 5.69 Å². The number of rotatable bonds is 7. The van der Waals surface area contributed by atoms with E-state index in [1.54, 1.807) is 11.8 Å². The van der Waals surface area contributed by atoms with E-state index in [0.717, 1.165) is 46.8 Å². The van der Waals surface area contributed by atoms with Gasteiger partial charge in [0.2, 0.25) is 0 Å². The molecule has 28 heavy (non-hydrogen) atoms. The number of aromatic nitrogens is 3. The van der Waals surface area contributed by atoms with Crippen LogP contribution in [0.4, 0.5) is 5.69 Å². The van der Waals surface area contributed by atoms with E-state index in [2.05, 4.69) is 29.5 Å². The molecule has 0 spiro atoms. The Labute approximate surface area is 165 Å². The van der Waals surface area contributed by atoms with Crippen LogP contribution in [0.3, 0.4) is 0 Å². The van der Waals surface area contributed by atoms with Crippen LogP contribution in [0.15, 0.2) is 42.5 Å².